The van der Waals surface area contributed by atoms with Crippen molar-refractivity contribution in [2.45, 2.75) is 20.3 Å². The number of ketones is 1. The Bertz CT molecular complexity index is 331. The molecule has 78 valence electrons. The Hall–Kier alpha value is -0.190. The molecule has 1 atom stereocenters. The summed E-state index contributed by atoms with van der Waals surface area (Å²) in [5.74, 6) is 0.143. The Morgan fingerprint density at radius 3 is 2.71 bits per heavy atom. The van der Waals surface area contributed by atoms with Gasteiger partial charge in [0.1, 0.15) is 0 Å². The molecule has 0 aromatic carbocycles. The molecule has 0 aliphatic rings. The molecule has 1 aromatic rings. The van der Waals surface area contributed by atoms with Gasteiger partial charge in [-0.2, -0.15) is 0 Å². The number of hydrogen-bond acceptors (Lipinski definition) is 3. The Balaban J connectivity index is 3.01. The SMILES string of the molecule is CCC(C)(CN)C(=O)c1sccc1Br. The van der Waals surface area contributed by atoms with Crippen LogP contribution in [0.15, 0.2) is 15.9 Å². The maximum absolute atomic E-state index is 12.1. The average molecular weight is 276 g/mol. The molecule has 2 N–H and O–H groups in total. The van der Waals surface area contributed by atoms with Gasteiger partial charge in [0.05, 0.1) is 4.88 Å². The van der Waals surface area contributed by atoms with E-state index < -0.39 is 5.41 Å². The summed E-state index contributed by atoms with van der Waals surface area (Å²) in [6, 6.07) is 1.89. The lowest BCUT2D eigenvalue weighted by Gasteiger charge is -2.23. The van der Waals surface area contributed by atoms with Crippen LogP contribution in [0.1, 0.15) is 29.9 Å². The largest absolute Gasteiger partial charge is 0.329 e. The number of thiophene rings is 1. The summed E-state index contributed by atoms with van der Waals surface area (Å²) in [6.45, 7) is 4.31. The maximum atomic E-state index is 12.1. The summed E-state index contributed by atoms with van der Waals surface area (Å²) in [4.78, 5) is 12.9. The van der Waals surface area contributed by atoms with Gasteiger partial charge in [-0.1, -0.05) is 13.8 Å². The quantitative estimate of drug-likeness (QED) is 0.859. The van der Waals surface area contributed by atoms with E-state index in [4.69, 9.17) is 5.73 Å². The monoisotopic (exact) mass is 275 g/mol. The van der Waals surface area contributed by atoms with Crippen molar-refractivity contribution in [1.29, 1.82) is 0 Å². The van der Waals surface area contributed by atoms with Gasteiger partial charge in [0.2, 0.25) is 0 Å². The Kier molecular flexibility index (Phi) is 3.86. The van der Waals surface area contributed by atoms with Crippen molar-refractivity contribution in [2.75, 3.05) is 6.54 Å². The average Bonchev–Trinajstić information content (AvgIpc) is 2.62. The summed E-state index contributed by atoms with van der Waals surface area (Å²) < 4.78 is 0.876. The number of halogens is 1. The first kappa shape index (κ1) is 11.9. The van der Waals surface area contributed by atoms with Crippen LogP contribution in [0.3, 0.4) is 0 Å². The predicted molar refractivity (Wildman–Crippen MR) is 63.8 cm³/mol. The number of Topliss-reactive ketones (excluding diaryl/α,β-unsaturated/α-hetero) is 1. The zero-order valence-electron chi connectivity index (χ0n) is 8.34. The topological polar surface area (TPSA) is 43.1 Å². The fourth-order valence-electron chi connectivity index (χ4n) is 1.13. The lowest BCUT2D eigenvalue weighted by molar-refractivity contribution is 0.0824. The van der Waals surface area contributed by atoms with Gasteiger partial charge in [0, 0.05) is 16.4 Å². The summed E-state index contributed by atoms with van der Waals surface area (Å²) in [6.07, 6.45) is 0.771. The molecule has 1 heterocycles. The second kappa shape index (κ2) is 4.55. The lowest BCUT2D eigenvalue weighted by atomic mass is 9.82. The van der Waals surface area contributed by atoms with Crippen molar-refractivity contribution in [3.05, 3.63) is 20.8 Å². The molecule has 14 heavy (non-hydrogen) atoms. The van der Waals surface area contributed by atoms with Crippen LogP contribution < -0.4 is 5.73 Å². The highest BCUT2D eigenvalue weighted by atomic mass is 79.9. The van der Waals surface area contributed by atoms with E-state index in [1.165, 1.54) is 11.3 Å². The molecule has 0 aliphatic heterocycles. The second-order valence-corrected chi connectivity index (χ2v) is 5.32. The van der Waals surface area contributed by atoms with Crippen molar-refractivity contribution >= 4 is 33.0 Å². The third-order valence-corrected chi connectivity index (χ3v) is 4.44. The first-order valence-electron chi connectivity index (χ1n) is 4.53. The van der Waals surface area contributed by atoms with Crippen LogP contribution in [0, 0.1) is 5.41 Å². The van der Waals surface area contributed by atoms with E-state index in [0.29, 0.717) is 6.54 Å². The molecular weight excluding hydrogens is 262 g/mol. The van der Waals surface area contributed by atoms with Gasteiger partial charge >= 0.3 is 0 Å². The molecule has 0 radical (unpaired) electrons. The van der Waals surface area contributed by atoms with Crippen molar-refractivity contribution < 1.29 is 4.79 Å². The van der Waals surface area contributed by atoms with E-state index in [2.05, 4.69) is 15.9 Å². The molecule has 0 saturated carbocycles. The predicted octanol–water partition coefficient (Wildman–Crippen LogP) is 3.07. The summed E-state index contributed by atoms with van der Waals surface area (Å²) >= 11 is 4.83. The standard InChI is InChI=1S/C10H14BrNOS/c1-3-10(2,6-12)9(13)8-7(11)4-5-14-8/h4-5H,3,6,12H2,1-2H3. The van der Waals surface area contributed by atoms with Crippen molar-refractivity contribution in [3.8, 4) is 0 Å². The molecule has 2 nitrogen and oxygen atoms in total. The van der Waals surface area contributed by atoms with E-state index in [-0.39, 0.29) is 5.78 Å². The van der Waals surface area contributed by atoms with Crippen LogP contribution in [0.5, 0.6) is 0 Å². The molecule has 0 aliphatic carbocycles. The number of rotatable bonds is 4. The zero-order valence-corrected chi connectivity index (χ0v) is 10.7. The Morgan fingerprint density at radius 2 is 2.36 bits per heavy atom. The minimum absolute atomic E-state index is 0.143. The fourth-order valence-corrected chi connectivity index (χ4v) is 2.77. The minimum atomic E-state index is -0.423. The van der Waals surface area contributed by atoms with Gasteiger partial charge in [-0.3, -0.25) is 4.79 Å². The van der Waals surface area contributed by atoms with Crippen LogP contribution in [-0.2, 0) is 0 Å². The molecule has 0 saturated heterocycles. The highest BCUT2D eigenvalue weighted by Gasteiger charge is 2.32. The molecule has 1 aromatic heterocycles. The maximum Gasteiger partial charge on any atom is 0.181 e. The summed E-state index contributed by atoms with van der Waals surface area (Å²) in [5.41, 5.74) is 5.22. The number of nitrogens with two attached hydrogens (primary N) is 1. The first-order chi connectivity index (χ1) is 6.55. The van der Waals surface area contributed by atoms with Crippen LogP contribution in [-0.4, -0.2) is 12.3 Å². The minimum Gasteiger partial charge on any atom is -0.329 e. The van der Waals surface area contributed by atoms with Crippen LogP contribution in [0.2, 0.25) is 0 Å². The van der Waals surface area contributed by atoms with E-state index in [9.17, 15) is 4.79 Å². The van der Waals surface area contributed by atoms with Crippen molar-refractivity contribution in [3.63, 3.8) is 0 Å². The molecule has 0 fully saturated rings. The number of carbonyl (C=O) groups is 1. The van der Waals surface area contributed by atoms with Crippen LogP contribution >= 0.6 is 27.3 Å². The molecule has 1 unspecified atom stereocenters. The van der Waals surface area contributed by atoms with E-state index >= 15 is 0 Å². The van der Waals surface area contributed by atoms with Gasteiger partial charge in [-0.25, -0.2) is 0 Å². The second-order valence-electron chi connectivity index (χ2n) is 3.55. The number of hydrogen-bond donors (Lipinski definition) is 1. The van der Waals surface area contributed by atoms with Gasteiger partial charge in [-0.15, -0.1) is 11.3 Å². The summed E-state index contributed by atoms with van der Waals surface area (Å²) in [7, 11) is 0. The summed E-state index contributed by atoms with van der Waals surface area (Å²) in [5, 5.41) is 1.91. The highest BCUT2D eigenvalue weighted by Crippen LogP contribution is 2.32. The van der Waals surface area contributed by atoms with Gasteiger partial charge in [0.25, 0.3) is 0 Å². The van der Waals surface area contributed by atoms with Crippen molar-refractivity contribution in [1.82, 2.24) is 0 Å². The van der Waals surface area contributed by atoms with Gasteiger partial charge in [0.15, 0.2) is 5.78 Å². The zero-order chi connectivity index (χ0) is 10.8. The third kappa shape index (κ3) is 2.07. The fraction of sp³-hybridized carbons (Fsp3) is 0.500. The van der Waals surface area contributed by atoms with E-state index in [0.717, 1.165) is 15.8 Å². The van der Waals surface area contributed by atoms with Gasteiger partial charge < -0.3 is 5.73 Å². The first-order valence-corrected chi connectivity index (χ1v) is 6.20. The normalized spacial score (nSPS) is 15.1. The van der Waals surface area contributed by atoms with E-state index in [1.54, 1.807) is 0 Å². The Labute approximate surface area is 96.6 Å². The van der Waals surface area contributed by atoms with Gasteiger partial charge in [-0.05, 0) is 33.8 Å². The molecule has 0 amide bonds. The molecular formula is C10H14BrNOS. The molecule has 0 spiro atoms. The van der Waals surface area contributed by atoms with E-state index in [1.807, 2.05) is 25.3 Å². The molecule has 0 bridgehead atoms. The molecule has 4 heteroatoms. The lowest BCUT2D eigenvalue weighted by Crippen LogP contribution is -2.34. The molecule has 1 rings (SSSR count). The van der Waals surface area contributed by atoms with Crippen LogP contribution in [0.25, 0.3) is 0 Å². The smallest absolute Gasteiger partial charge is 0.181 e. The Morgan fingerprint density at radius 1 is 1.71 bits per heavy atom. The number of carbonyl (C=O) groups excluding carboxylic acids is 1. The van der Waals surface area contributed by atoms with Crippen LogP contribution in [0.4, 0.5) is 0 Å². The van der Waals surface area contributed by atoms with Crippen molar-refractivity contribution in [2.24, 2.45) is 11.1 Å². The third-order valence-electron chi connectivity index (χ3n) is 2.60. The highest BCUT2D eigenvalue weighted by molar-refractivity contribution is 9.10.